The van der Waals surface area contributed by atoms with E-state index in [9.17, 15) is 15.2 Å². The second kappa shape index (κ2) is 6.71. The number of aliphatic hydroxyl groups is 1. The van der Waals surface area contributed by atoms with Crippen LogP contribution in [0.5, 0.6) is 11.5 Å². The number of rotatable bonds is 6. The van der Waals surface area contributed by atoms with Crippen LogP contribution >= 0.6 is 0 Å². The molecule has 0 amide bonds. The zero-order chi connectivity index (χ0) is 15.2. The fraction of sp³-hybridized carbons (Fsp3) is 0.200. The second-order valence-electron chi connectivity index (χ2n) is 4.33. The van der Waals surface area contributed by atoms with E-state index in [4.69, 9.17) is 9.47 Å². The molecular weight excluding hydrogens is 274 g/mol. The van der Waals surface area contributed by atoms with Crippen LogP contribution in [0.1, 0.15) is 11.7 Å². The number of methoxy groups -OCH3 is 1. The van der Waals surface area contributed by atoms with Crippen LogP contribution in [0, 0.1) is 10.1 Å². The first kappa shape index (κ1) is 14.8. The third kappa shape index (κ3) is 3.70. The molecular formula is C15H15NO5. The van der Waals surface area contributed by atoms with Gasteiger partial charge in [-0.2, -0.15) is 0 Å². The molecule has 2 rings (SSSR count). The van der Waals surface area contributed by atoms with Crippen LogP contribution in [-0.2, 0) is 0 Å². The maximum absolute atomic E-state index is 10.8. The van der Waals surface area contributed by atoms with Crippen molar-refractivity contribution in [2.45, 2.75) is 6.10 Å². The molecule has 0 saturated carbocycles. The summed E-state index contributed by atoms with van der Waals surface area (Å²) in [6.45, 7) is 0.0466. The average Bonchev–Trinajstić information content (AvgIpc) is 2.52. The Labute approximate surface area is 121 Å². The van der Waals surface area contributed by atoms with Crippen LogP contribution < -0.4 is 9.47 Å². The van der Waals surface area contributed by atoms with Gasteiger partial charge in [0.25, 0.3) is 0 Å². The zero-order valence-electron chi connectivity index (χ0n) is 11.4. The number of benzene rings is 2. The molecule has 6 heteroatoms. The van der Waals surface area contributed by atoms with Gasteiger partial charge in [0.1, 0.15) is 18.5 Å². The standard InChI is InChI=1S/C15H15NO5/c1-20-15-9-12(7-8-13(15)16(18)19)21-10-14(17)11-5-3-2-4-6-11/h2-9,14,17H,10H2,1H3. The van der Waals surface area contributed by atoms with Crippen molar-refractivity contribution in [1.82, 2.24) is 0 Å². The highest BCUT2D eigenvalue weighted by Gasteiger charge is 2.16. The highest BCUT2D eigenvalue weighted by molar-refractivity contribution is 5.50. The molecule has 0 bridgehead atoms. The van der Waals surface area contributed by atoms with Crippen LogP contribution in [0.3, 0.4) is 0 Å². The number of nitro benzene ring substituents is 1. The summed E-state index contributed by atoms with van der Waals surface area (Å²) >= 11 is 0. The normalized spacial score (nSPS) is 11.7. The van der Waals surface area contributed by atoms with E-state index in [1.807, 2.05) is 18.2 Å². The molecule has 0 aliphatic heterocycles. The van der Waals surface area contributed by atoms with Gasteiger partial charge < -0.3 is 14.6 Å². The zero-order valence-corrected chi connectivity index (χ0v) is 11.4. The van der Waals surface area contributed by atoms with Crippen molar-refractivity contribution in [3.8, 4) is 11.5 Å². The topological polar surface area (TPSA) is 81.8 Å². The van der Waals surface area contributed by atoms with Crippen LogP contribution in [0.2, 0.25) is 0 Å². The molecule has 0 saturated heterocycles. The van der Waals surface area contributed by atoms with Gasteiger partial charge in [-0.05, 0) is 11.6 Å². The molecule has 1 atom stereocenters. The predicted molar refractivity (Wildman–Crippen MR) is 76.5 cm³/mol. The van der Waals surface area contributed by atoms with Crippen molar-refractivity contribution in [1.29, 1.82) is 0 Å². The third-order valence-corrected chi connectivity index (χ3v) is 2.94. The summed E-state index contributed by atoms with van der Waals surface area (Å²) in [5, 5.41) is 20.8. The minimum Gasteiger partial charge on any atom is -0.490 e. The first-order chi connectivity index (χ1) is 10.1. The number of nitrogens with zero attached hydrogens (tertiary/aromatic N) is 1. The van der Waals surface area contributed by atoms with E-state index in [0.29, 0.717) is 5.75 Å². The van der Waals surface area contributed by atoms with Gasteiger partial charge in [0.2, 0.25) is 5.75 Å². The van der Waals surface area contributed by atoms with Crippen LogP contribution in [0.25, 0.3) is 0 Å². The highest BCUT2D eigenvalue weighted by Crippen LogP contribution is 2.31. The summed E-state index contributed by atoms with van der Waals surface area (Å²) in [5.74, 6) is 0.513. The Morgan fingerprint density at radius 1 is 1.24 bits per heavy atom. The molecule has 110 valence electrons. The molecule has 21 heavy (non-hydrogen) atoms. The molecule has 6 nitrogen and oxygen atoms in total. The quantitative estimate of drug-likeness (QED) is 0.653. The SMILES string of the molecule is COc1cc(OCC(O)c2ccccc2)ccc1[N+](=O)[O-]. The van der Waals surface area contributed by atoms with Crippen molar-refractivity contribution in [2.24, 2.45) is 0 Å². The first-order valence-corrected chi connectivity index (χ1v) is 6.30. The Kier molecular flexibility index (Phi) is 4.73. The molecule has 0 aliphatic rings. The smallest absolute Gasteiger partial charge is 0.311 e. The highest BCUT2D eigenvalue weighted by atomic mass is 16.6. The molecule has 0 spiro atoms. The number of hydrogen-bond acceptors (Lipinski definition) is 5. The lowest BCUT2D eigenvalue weighted by molar-refractivity contribution is -0.385. The largest absolute Gasteiger partial charge is 0.490 e. The van der Waals surface area contributed by atoms with Gasteiger partial charge in [-0.1, -0.05) is 30.3 Å². The summed E-state index contributed by atoms with van der Waals surface area (Å²) in [4.78, 5) is 10.3. The molecule has 0 aromatic heterocycles. The van der Waals surface area contributed by atoms with E-state index < -0.39 is 11.0 Å². The molecule has 0 aliphatic carbocycles. The summed E-state index contributed by atoms with van der Waals surface area (Å²) < 4.78 is 10.4. The number of hydrogen-bond donors (Lipinski definition) is 1. The Bertz CT molecular complexity index is 615. The summed E-state index contributed by atoms with van der Waals surface area (Å²) in [5.41, 5.74) is 0.611. The molecule has 1 unspecified atom stereocenters. The Hall–Kier alpha value is -2.60. The predicted octanol–water partition coefficient (Wildman–Crippen LogP) is 2.72. The van der Waals surface area contributed by atoms with Crippen LogP contribution in [-0.4, -0.2) is 23.7 Å². The second-order valence-corrected chi connectivity index (χ2v) is 4.33. The van der Waals surface area contributed by atoms with Crippen molar-refractivity contribution < 1.29 is 19.5 Å². The fourth-order valence-electron chi connectivity index (χ4n) is 1.85. The fourth-order valence-corrected chi connectivity index (χ4v) is 1.85. The lowest BCUT2D eigenvalue weighted by Gasteiger charge is -2.13. The van der Waals surface area contributed by atoms with Crippen molar-refractivity contribution in [3.63, 3.8) is 0 Å². The van der Waals surface area contributed by atoms with Gasteiger partial charge >= 0.3 is 5.69 Å². The van der Waals surface area contributed by atoms with Crippen LogP contribution in [0.15, 0.2) is 48.5 Å². The maximum Gasteiger partial charge on any atom is 0.311 e. The Balaban J connectivity index is 2.05. The van der Waals surface area contributed by atoms with E-state index in [0.717, 1.165) is 5.56 Å². The molecule has 0 heterocycles. The number of ether oxygens (including phenoxy) is 2. The van der Waals surface area contributed by atoms with Crippen LogP contribution in [0.4, 0.5) is 5.69 Å². The lowest BCUT2D eigenvalue weighted by atomic mass is 10.1. The number of nitro groups is 1. The third-order valence-electron chi connectivity index (χ3n) is 2.94. The maximum atomic E-state index is 10.8. The Morgan fingerprint density at radius 2 is 1.95 bits per heavy atom. The summed E-state index contributed by atoms with van der Waals surface area (Å²) in [6.07, 6.45) is -0.771. The molecule has 2 aromatic rings. The van der Waals surface area contributed by atoms with Crippen molar-refractivity contribution >= 4 is 5.69 Å². The van der Waals surface area contributed by atoms with Gasteiger partial charge in [-0.25, -0.2) is 0 Å². The summed E-state index contributed by atoms with van der Waals surface area (Å²) in [6, 6.07) is 13.3. The van der Waals surface area contributed by atoms with E-state index in [2.05, 4.69) is 0 Å². The average molecular weight is 289 g/mol. The van der Waals surface area contributed by atoms with Gasteiger partial charge in [0.15, 0.2) is 0 Å². The minimum atomic E-state index is -0.771. The first-order valence-electron chi connectivity index (χ1n) is 6.30. The van der Waals surface area contributed by atoms with Gasteiger partial charge in [0.05, 0.1) is 12.0 Å². The van der Waals surface area contributed by atoms with Gasteiger partial charge in [-0.3, -0.25) is 10.1 Å². The molecule has 1 N–H and O–H groups in total. The van der Waals surface area contributed by atoms with E-state index in [1.165, 1.54) is 25.3 Å². The summed E-state index contributed by atoms with van der Waals surface area (Å²) in [7, 11) is 1.35. The number of aliphatic hydroxyl groups excluding tert-OH is 1. The Morgan fingerprint density at radius 3 is 2.57 bits per heavy atom. The van der Waals surface area contributed by atoms with Crippen molar-refractivity contribution in [3.05, 3.63) is 64.2 Å². The van der Waals surface area contributed by atoms with Crippen molar-refractivity contribution in [2.75, 3.05) is 13.7 Å². The van der Waals surface area contributed by atoms with E-state index in [1.54, 1.807) is 12.1 Å². The van der Waals surface area contributed by atoms with Gasteiger partial charge in [-0.15, -0.1) is 0 Å². The lowest BCUT2D eigenvalue weighted by Crippen LogP contribution is -2.09. The molecule has 0 radical (unpaired) electrons. The molecule has 2 aromatic carbocycles. The monoisotopic (exact) mass is 289 g/mol. The van der Waals surface area contributed by atoms with Gasteiger partial charge in [0, 0.05) is 12.1 Å². The minimum absolute atomic E-state index is 0.0466. The van der Waals surface area contributed by atoms with E-state index >= 15 is 0 Å². The molecule has 0 fully saturated rings. The van der Waals surface area contributed by atoms with E-state index in [-0.39, 0.29) is 18.0 Å².